The first-order chi connectivity index (χ1) is 9.40. The number of halogens is 2. The zero-order chi connectivity index (χ0) is 14.9. The molecule has 104 valence electrons. The van der Waals surface area contributed by atoms with Crippen LogP contribution in [0.5, 0.6) is 0 Å². The number of carbonyl (C=O) groups excluding carboxylic acids is 1. The van der Waals surface area contributed by atoms with Gasteiger partial charge in [0.05, 0.1) is 6.54 Å². The van der Waals surface area contributed by atoms with Crippen LogP contribution in [0.4, 0.5) is 5.82 Å². The van der Waals surface area contributed by atoms with Crippen LogP contribution in [0.3, 0.4) is 0 Å². The number of benzene rings is 1. The first kappa shape index (κ1) is 14.9. The fourth-order valence-corrected chi connectivity index (χ4v) is 2.73. The molecule has 2 aromatic rings. The van der Waals surface area contributed by atoms with E-state index in [9.17, 15) is 14.9 Å². The summed E-state index contributed by atoms with van der Waals surface area (Å²) >= 11 is 6.41. The van der Waals surface area contributed by atoms with E-state index in [1.54, 1.807) is 25.1 Å². The fourth-order valence-electron chi connectivity index (χ4n) is 1.72. The summed E-state index contributed by atoms with van der Waals surface area (Å²) in [4.78, 5) is 26.2. The lowest BCUT2D eigenvalue weighted by Gasteiger charge is -2.04. The number of rotatable bonds is 4. The topological polar surface area (TPSA) is 78.0 Å². The Labute approximate surface area is 131 Å². The van der Waals surface area contributed by atoms with Gasteiger partial charge in [-0.05, 0) is 38.0 Å². The molecule has 0 aliphatic carbocycles. The summed E-state index contributed by atoms with van der Waals surface area (Å²) in [6.07, 6.45) is 0. The summed E-state index contributed by atoms with van der Waals surface area (Å²) in [5.74, 6) is -0.0288. The molecular weight excluding hydrogens is 394 g/mol. The Kier molecular flexibility index (Phi) is 4.34. The Morgan fingerprint density at radius 1 is 1.45 bits per heavy atom. The van der Waals surface area contributed by atoms with Crippen LogP contribution in [0.25, 0.3) is 0 Å². The van der Waals surface area contributed by atoms with Crippen LogP contribution in [0.1, 0.15) is 16.2 Å². The molecule has 0 atom stereocenters. The minimum atomic E-state index is -0.586. The normalized spacial score (nSPS) is 10.6. The van der Waals surface area contributed by atoms with Crippen LogP contribution in [-0.2, 0) is 6.54 Å². The highest BCUT2D eigenvalue weighted by Gasteiger charge is 2.24. The summed E-state index contributed by atoms with van der Waals surface area (Å²) in [5.41, 5.74) is 0.530. The zero-order valence-electron chi connectivity index (χ0n) is 10.3. The molecule has 8 heteroatoms. The van der Waals surface area contributed by atoms with Crippen molar-refractivity contribution in [1.82, 2.24) is 9.55 Å². The van der Waals surface area contributed by atoms with Crippen molar-refractivity contribution in [1.29, 1.82) is 0 Å². The molecule has 2 rings (SSSR count). The smallest absolute Gasteiger partial charge is 0.358 e. The molecular formula is C12H9Br2N3O3. The van der Waals surface area contributed by atoms with Crippen LogP contribution in [0.15, 0.2) is 33.3 Å². The number of ketones is 1. The lowest BCUT2D eigenvalue weighted by Crippen LogP contribution is -2.12. The van der Waals surface area contributed by atoms with Gasteiger partial charge in [-0.2, -0.15) is 0 Å². The number of hydrogen-bond donors (Lipinski definition) is 0. The van der Waals surface area contributed by atoms with Crippen molar-refractivity contribution < 1.29 is 9.72 Å². The van der Waals surface area contributed by atoms with Gasteiger partial charge in [-0.3, -0.25) is 9.36 Å². The number of aryl methyl sites for hydroxylation is 1. The van der Waals surface area contributed by atoms with E-state index in [0.29, 0.717) is 11.4 Å². The molecule has 0 radical (unpaired) electrons. The molecule has 0 N–H and O–H groups in total. The summed E-state index contributed by atoms with van der Waals surface area (Å²) in [6, 6.07) is 6.98. The van der Waals surface area contributed by atoms with E-state index in [1.165, 1.54) is 4.57 Å². The SMILES string of the molecule is Cc1nc([N+](=O)[O-])c(Br)n1CC(=O)c1cccc(Br)c1. The maximum absolute atomic E-state index is 12.2. The van der Waals surface area contributed by atoms with Crippen LogP contribution in [-0.4, -0.2) is 20.3 Å². The van der Waals surface area contributed by atoms with Crippen LogP contribution in [0.2, 0.25) is 0 Å². The molecule has 1 aromatic heterocycles. The molecule has 6 nitrogen and oxygen atoms in total. The second kappa shape index (κ2) is 5.84. The van der Waals surface area contributed by atoms with E-state index >= 15 is 0 Å². The molecule has 1 heterocycles. The van der Waals surface area contributed by atoms with Gasteiger partial charge >= 0.3 is 5.82 Å². The number of imidazole rings is 1. The number of Topliss-reactive ketones (excluding diaryl/α,β-unsaturated/α-hetero) is 1. The summed E-state index contributed by atoms with van der Waals surface area (Å²) in [6.45, 7) is 1.61. The molecule has 0 unspecified atom stereocenters. The predicted octanol–water partition coefficient (Wildman–Crippen LogP) is 3.51. The number of aromatic nitrogens is 2. The lowest BCUT2D eigenvalue weighted by atomic mass is 10.1. The fraction of sp³-hybridized carbons (Fsp3) is 0.167. The lowest BCUT2D eigenvalue weighted by molar-refractivity contribution is -0.390. The molecule has 0 spiro atoms. The summed E-state index contributed by atoms with van der Waals surface area (Å²) < 4.78 is 2.47. The van der Waals surface area contributed by atoms with Crippen molar-refractivity contribution in [3.63, 3.8) is 0 Å². The van der Waals surface area contributed by atoms with Crippen molar-refractivity contribution in [2.24, 2.45) is 0 Å². The Morgan fingerprint density at radius 3 is 2.70 bits per heavy atom. The van der Waals surface area contributed by atoms with Gasteiger partial charge in [0.1, 0.15) is 0 Å². The van der Waals surface area contributed by atoms with E-state index in [4.69, 9.17) is 0 Å². The number of hydrogen-bond acceptors (Lipinski definition) is 4. The van der Waals surface area contributed by atoms with E-state index in [0.717, 1.165) is 4.47 Å². The number of nitrogens with zero attached hydrogens (tertiary/aromatic N) is 3. The van der Waals surface area contributed by atoms with Crippen molar-refractivity contribution in [2.45, 2.75) is 13.5 Å². The first-order valence-corrected chi connectivity index (χ1v) is 7.14. The highest BCUT2D eigenvalue weighted by Crippen LogP contribution is 2.25. The number of carbonyl (C=O) groups is 1. The highest BCUT2D eigenvalue weighted by atomic mass is 79.9. The van der Waals surface area contributed by atoms with Crippen LogP contribution >= 0.6 is 31.9 Å². The Balaban J connectivity index is 2.31. The van der Waals surface area contributed by atoms with Crippen molar-refractivity contribution in [3.8, 4) is 0 Å². The molecule has 0 aliphatic rings. The third-order valence-electron chi connectivity index (χ3n) is 2.70. The van der Waals surface area contributed by atoms with Gasteiger partial charge in [-0.15, -0.1) is 0 Å². The van der Waals surface area contributed by atoms with E-state index in [1.807, 2.05) is 6.07 Å². The van der Waals surface area contributed by atoms with Gasteiger partial charge in [0.15, 0.2) is 10.4 Å². The summed E-state index contributed by atoms with van der Waals surface area (Å²) in [7, 11) is 0. The second-order valence-electron chi connectivity index (χ2n) is 4.05. The Hall–Kier alpha value is -1.54. The molecule has 20 heavy (non-hydrogen) atoms. The Bertz CT molecular complexity index is 697. The van der Waals surface area contributed by atoms with Gasteiger partial charge < -0.3 is 10.1 Å². The van der Waals surface area contributed by atoms with Gasteiger partial charge in [-0.1, -0.05) is 28.1 Å². The first-order valence-electron chi connectivity index (χ1n) is 5.56. The molecule has 1 aromatic carbocycles. The Morgan fingerprint density at radius 2 is 2.15 bits per heavy atom. The molecule has 0 saturated heterocycles. The molecule has 0 saturated carbocycles. The predicted molar refractivity (Wildman–Crippen MR) is 79.8 cm³/mol. The largest absolute Gasteiger partial charge is 0.396 e. The number of nitro groups is 1. The van der Waals surface area contributed by atoms with Gasteiger partial charge in [0, 0.05) is 17.0 Å². The molecule has 0 aliphatic heterocycles. The van der Waals surface area contributed by atoms with E-state index < -0.39 is 4.92 Å². The van der Waals surface area contributed by atoms with Gasteiger partial charge in [0.25, 0.3) is 0 Å². The molecule has 0 bridgehead atoms. The average Bonchev–Trinajstić information content (AvgIpc) is 2.67. The van der Waals surface area contributed by atoms with Crippen molar-refractivity contribution in [2.75, 3.05) is 0 Å². The maximum Gasteiger partial charge on any atom is 0.396 e. The minimum Gasteiger partial charge on any atom is -0.358 e. The molecule has 0 amide bonds. The van der Waals surface area contributed by atoms with E-state index in [2.05, 4.69) is 36.8 Å². The standard InChI is InChI=1S/C12H9Br2N3O3/c1-7-15-12(17(19)20)11(14)16(7)6-10(18)8-3-2-4-9(13)5-8/h2-5H,6H2,1H3. The average molecular weight is 403 g/mol. The maximum atomic E-state index is 12.2. The zero-order valence-corrected chi connectivity index (χ0v) is 13.5. The quantitative estimate of drug-likeness (QED) is 0.445. The van der Waals surface area contributed by atoms with Crippen molar-refractivity contribution >= 4 is 43.5 Å². The highest BCUT2D eigenvalue weighted by molar-refractivity contribution is 9.10. The minimum absolute atomic E-state index is 0.0102. The van der Waals surface area contributed by atoms with Gasteiger partial charge in [-0.25, -0.2) is 0 Å². The van der Waals surface area contributed by atoms with Crippen LogP contribution < -0.4 is 0 Å². The third-order valence-corrected chi connectivity index (χ3v) is 3.98. The van der Waals surface area contributed by atoms with Crippen molar-refractivity contribution in [3.05, 3.63) is 54.8 Å². The van der Waals surface area contributed by atoms with Crippen LogP contribution in [0, 0.1) is 17.0 Å². The summed E-state index contributed by atoms with van der Waals surface area (Å²) in [5, 5.41) is 10.8. The monoisotopic (exact) mass is 401 g/mol. The third kappa shape index (κ3) is 2.96. The second-order valence-corrected chi connectivity index (χ2v) is 5.72. The molecule has 0 fully saturated rings. The van der Waals surface area contributed by atoms with Gasteiger partial charge in [0.2, 0.25) is 5.82 Å². The van der Waals surface area contributed by atoms with E-state index in [-0.39, 0.29) is 22.7 Å².